The topological polar surface area (TPSA) is 6.48 Å². The van der Waals surface area contributed by atoms with Gasteiger partial charge in [-0.1, -0.05) is 0 Å². The maximum absolute atomic E-state index is 2.59. The van der Waals surface area contributed by atoms with Gasteiger partial charge in [-0.25, -0.2) is 0 Å². The van der Waals surface area contributed by atoms with E-state index in [9.17, 15) is 0 Å². The van der Waals surface area contributed by atoms with Crippen molar-refractivity contribution in [3.8, 4) is 0 Å². The Morgan fingerprint density at radius 3 is 2.55 bits per heavy atom. The van der Waals surface area contributed by atoms with Crippen molar-refractivity contribution < 1.29 is 0 Å². The molecule has 2 atom stereocenters. The van der Waals surface area contributed by atoms with Crippen molar-refractivity contribution in [2.24, 2.45) is 0 Å². The van der Waals surface area contributed by atoms with Gasteiger partial charge < -0.3 is 4.90 Å². The highest BCUT2D eigenvalue weighted by Crippen LogP contribution is 2.27. The van der Waals surface area contributed by atoms with Gasteiger partial charge >= 0.3 is 0 Å². The monoisotopic (exact) mass is 154 g/mol. The van der Waals surface area contributed by atoms with Gasteiger partial charge in [-0.05, 0) is 39.9 Å². The standard InChI is InChI=1S/C9H18N2/c1-10-6-5-8-3-4-9(7-10)11(8)2/h8-9H,3-7H2,1-2H3. The predicted octanol–water partition coefficient (Wildman–Crippen LogP) is 0.785. The van der Waals surface area contributed by atoms with E-state index in [1.165, 1.54) is 32.4 Å². The van der Waals surface area contributed by atoms with Gasteiger partial charge in [0.15, 0.2) is 0 Å². The summed E-state index contributed by atoms with van der Waals surface area (Å²) < 4.78 is 0. The third kappa shape index (κ3) is 1.30. The minimum absolute atomic E-state index is 0.854. The van der Waals surface area contributed by atoms with Crippen molar-refractivity contribution in [1.82, 2.24) is 9.80 Å². The maximum atomic E-state index is 2.59. The van der Waals surface area contributed by atoms with Crippen molar-refractivity contribution in [2.45, 2.75) is 31.3 Å². The molecule has 2 bridgehead atoms. The average Bonchev–Trinajstić information content (AvgIpc) is 2.20. The van der Waals surface area contributed by atoms with Crippen molar-refractivity contribution >= 4 is 0 Å². The number of fused-ring (bicyclic) bond motifs is 2. The Labute approximate surface area is 69.2 Å². The van der Waals surface area contributed by atoms with Crippen LogP contribution in [0, 0.1) is 0 Å². The van der Waals surface area contributed by atoms with Crippen LogP contribution in [-0.2, 0) is 0 Å². The molecular weight excluding hydrogens is 136 g/mol. The highest BCUT2D eigenvalue weighted by molar-refractivity contribution is 4.90. The Balaban J connectivity index is 2.07. The van der Waals surface area contributed by atoms with Crippen molar-refractivity contribution in [2.75, 3.05) is 27.2 Å². The third-order valence-corrected chi connectivity index (χ3v) is 3.35. The van der Waals surface area contributed by atoms with Crippen LogP contribution in [-0.4, -0.2) is 49.1 Å². The van der Waals surface area contributed by atoms with E-state index < -0.39 is 0 Å². The summed E-state index contributed by atoms with van der Waals surface area (Å²) in [6.45, 7) is 2.58. The van der Waals surface area contributed by atoms with Crippen LogP contribution in [0.2, 0.25) is 0 Å². The molecule has 0 spiro atoms. The van der Waals surface area contributed by atoms with E-state index in [0.29, 0.717) is 0 Å². The van der Waals surface area contributed by atoms with Crippen molar-refractivity contribution in [3.05, 3.63) is 0 Å². The van der Waals surface area contributed by atoms with E-state index in [4.69, 9.17) is 0 Å². The lowest BCUT2D eigenvalue weighted by molar-refractivity contribution is 0.236. The molecule has 0 N–H and O–H groups in total. The van der Waals surface area contributed by atoms with Gasteiger partial charge in [0.1, 0.15) is 0 Å². The van der Waals surface area contributed by atoms with Crippen LogP contribution in [0.4, 0.5) is 0 Å². The number of likely N-dealkylation sites (tertiary alicyclic amines) is 1. The second-order valence-electron chi connectivity index (χ2n) is 4.10. The molecule has 2 fully saturated rings. The molecule has 0 aromatic heterocycles. The molecule has 2 aliphatic rings. The Kier molecular flexibility index (Phi) is 1.90. The first-order valence-corrected chi connectivity index (χ1v) is 4.68. The Bertz CT molecular complexity index is 146. The average molecular weight is 154 g/mol. The van der Waals surface area contributed by atoms with Gasteiger partial charge in [-0.15, -0.1) is 0 Å². The summed E-state index contributed by atoms with van der Waals surface area (Å²) in [5.74, 6) is 0. The van der Waals surface area contributed by atoms with Gasteiger partial charge in [0.2, 0.25) is 0 Å². The SMILES string of the molecule is CN1CCC2CCC(C1)N2C. The normalized spacial score (nSPS) is 40.9. The summed E-state index contributed by atoms with van der Waals surface area (Å²) in [5, 5.41) is 0. The van der Waals surface area contributed by atoms with Crippen molar-refractivity contribution in [1.29, 1.82) is 0 Å². The molecule has 2 rings (SSSR count). The van der Waals surface area contributed by atoms with E-state index in [2.05, 4.69) is 23.9 Å². The van der Waals surface area contributed by atoms with Crippen molar-refractivity contribution in [3.63, 3.8) is 0 Å². The summed E-state index contributed by atoms with van der Waals surface area (Å²) >= 11 is 0. The molecule has 2 nitrogen and oxygen atoms in total. The fraction of sp³-hybridized carbons (Fsp3) is 1.00. The molecule has 0 aliphatic carbocycles. The van der Waals surface area contributed by atoms with E-state index in [0.717, 1.165) is 12.1 Å². The lowest BCUT2D eigenvalue weighted by Crippen LogP contribution is -2.35. The highest BCUT2D eigenvalue weighted by Gasteiger charge is 2.33. The largest absolute Gasteiger partial charge is 0.305 e. The molecular formula is C9H18N2. The zero-order chi connectivity index (χ0) is 7.84. The maximum Gasteiger partial charge on any atom is 0.0223 e. The minimum Gasteiger partial charge on any atom is -0.305 e. The Morgan fingerprint density at radius 2 is 1.73 bits per heavy atom. The summed E-state index contributed by atoms with van der Waals surface area (Å²) in [6, 6.07) is 1.75. The van der Waals surface area contributed by atoms with Gasteiger partial charge in [0, 0.05) is 18.6 Å². The van der Waals surface area contributed by atoms with Crippen LogP contribution in [0.15, 0.2) is 0 Å². The van der Waals surface area contributed by atoms with E-state index in [-0.39, 0.29) is 0 Å². The first-order valence-electron chi connectivity index (χ1n) is 4.68. The van der Waals surface area contributed by atoms with Gasteiger partial charge in [0.25, 0.3) is 0 Å². The molecule has 0 aromatic carbocycles. The van der Waals surface area contributed by atoms with Crippen LogP contribution < -0.4 is 0 Å². The molecule has 0 aromatic rings. The van der Waals surface area contributed by atoms with Gasteiger partial charge in [0.05, 0.1) is 0 Å². The summed E-state index contributed by atoms with van der Waals surface area (Å²) in [5.41, 5.74) is 0. The Morgan fingerprint density at radius 1 is 1.00 bits per heavy atom. The third-order valence-electron chi connectivity index (χ3n) is 3.35. The number of nitrogens with zero attached hydrogens (tertiary/aromatic N) is 2. The van der Waals surface area contributed by atoms with Crippen LogP contribution in [0.25, 0.3) is 0 Å². The number of hydrogen-bond donors (Lipinski definition) is 0. The molecule has 2 heteroatoms. The molecule has 2 aliphatic heterocycles. The zero-order valence-electron chi connectivity index (χ0n) is 7.58. The summed E-state index contributed by atoms with van der Waals surface area (Å²) in [4.78, 5) is 5.06. The molecule has 2 heterocycles. The highest BCUT2D eigenvalue weighted by atomic mass is 15.3. The number of likely N-dealkylation sites (N-methyl/N-ethyl adjacent to an activating group) is 2. The molecule has 11 heavy (non-hydrogen) atoms. The van der Waals surface area contributed by atoms with E-state index >= 15 is 0 Å². The first-order chi connectivity index (χ1) is 5.27. The second kappa shape index (κ2) is 2.76. The van der Waals surface area contributed by atoms with Gasteiger partial charge in [-0.2, -0.15) is 0 Å². The van der Waals surface area contributed by atoms with Crippen LogP contribution >= 0.6 is 0 Å². The molecule has 64 valence electrons. The number of rotatable bonds is 0. The smallest absolute Gasteiger partial charge is 0.0223 e. The van der Waals surface area contributed by atoms with Crippen LogP contribution in [0.3, 0.4) is 0 Å². The summed E-state index contributed by atoms with van der Waals surface area (Å²) in [7, 11) is 4.54. The van der Waals surface area contributed by atoms with E-state index in [1.807, 2.05) is 0 Å². The Hall–Kier alpha value is -0.0800. The lowest BCUT2D eigenvalue weighted by atomic mass is 10.1. The predicted molar refractivity (Wildman–Crippen MR) is 46.7 cm³/mol. The quantitative estimate of drug-likeness (QED) is 0.509. The lowest BCUT2D eigenvalue weighted by Gasteiger charge is -2.22. The molecule has 0 radical (unpaired) electrons. The number of hydrogen-bond acceptors (Lipinski definition) is 2. The van der Waals surface area contributed by atoms with Gasteiger partial charge in [-0.3, -0.25) is 4.90 Å². The van der Waals surface area contributed by atoms with E-state index in [1.54, 1.807) is 0 Å². The molecule has 2 saturated heterocycles. The zero-order valence-corrected chi connectivity index (χ0v) is 7.58. The van der Waals surface area contributed by atoms with Crippen LogP contribution in [0.5, 0.6) is 0 Å². The minimum atomic E-state index is 0.854. The first kappa shape index (κ1) is 7.56. The second-order valence-corrected chi connectivity index (χ2v) is 4.10. The molecule has 0 amide bonds. The molecule has 0 saturated carbocycles. The van der Waals surface area contributed by atoms with Crippen LogP contribution in [0.1, 0.15) is 19.3 Å². The fourth-order valence-electron chi connectivity index (χ4n) is 2.48. The fourth-order valence-corrected chi connectivity index (χ4v) is 2.48. The molecule has 2 unspecified atom stereocenters. The summed E-state index contributed by atoms with van der Waals surface area (Å²) in [6.07, 6.45) is 4.24.